The van der Waals surface area contributed by atoms with Gasteiger partial charge >= 0.3 is 0 Å². The van der Waals surface area contributed by atoms with Crippen LogP contribution < -0.4 is 5.73 Å². The molecule has 0 unspecified atom stereocenters. The molecule has 3 nitrogen and oxygen atoms in total. The quantitative estimate of drug-likeness (QED) is 0.766. The summed E-state index contributed by atoms with van der Waals surface area (Å²) in [6, 6.07) is 11.6. The Morgan fingerprint density at radius 1 is 1.17 bits per heavy atom. The highest BCUT2D eigenvalue weighted by molar-refractivity contribution is 6.31. The van der Waals surface area contributed by atoms with Crippen LogP contribution in [0.4, 0.5) is 5.69 Å². The van der Waals surface area contributed by atoms with Crippen molar-refractivity contribution in [3.8, 4) is 0 Å². The van der Waals surface area contributed by atoms with Crippen LogP contribution in [0, 0.1) is 0 Å². The zero-order valence-electron chi connectivity index (χ0n) is 9.68. The van der Waals surface area contributed by atoms with Crippen molar-refractivity contribution < 1.29 is 0 Å². The predicted molar refractivity (Wildman–Crippen MR) is 73.9 cm³/mol. The van der Waals surface area contributed by atoms with E-state index in [9.17, 15) is 0 Å². The zero-order valence-corrected chi connectivity index (χ0v) is 10.4. The van der Waals surface area contributed by atoms with Crippen LogP contribution in [-0.2, 0) is 6.42 Å². The van der Waals surface area contributed by atoms with Gasteiger partial charge in [-0.05, 0) is 23.8 Å². The first-order valence-electron chi connectivity index (χ1n) is 5.69. The van der Waals surface area contributed by atoms with Crippen molar-refractivity contribution in [1.82, 2.24) is 9.38 Å². The topological polar surface area (TPSA) is 43.3 Å². The highest BCUT2D eigenvalue weighted by Crippen LogP contribution is 2.20. The van der Waals surface area contributed by atoms with Crippen molar-refractivity contribution in [2.75, 3.05) is 5.73 Å². The molecule has 0 radical (unpaired) electrons. The number of halogens is 1. The maximum atomic E-state index is 6.16. The van der Waals surface area contributed by atoms with Crippen molar-refractivity contribution in [2.24, 2.45) is 0 Å². The third-order valence-electron chi connectivity index (χ3n) is 2.99. The molecular weight excluding hydrogens is 246 g/mol. The third-order valence-corrected chi connectivity index (χ3v) is 3.36. The van der Waals surface area contributed by atoms with E-state index in [4.69, 9.17) is 17.3 Å². The third kappa shape index (κ3) is 1.83. The van der Waals surface area contributed by atoms with Crippen molar-refractivity contribution in [2.45, 2.75) is 6.42 Å². The summed E-state index contributed by atoms with van der Waals surface area (Å²) in [5.41, 5.74) is 8.63. The molecule has 1 aromatic carbocycles. The minimum atomic E-state index is 0.692. The summed E-state index contributed by atoms with van der Waals surface area (Å²) in [5.74, 6) is 0.936. The Balaban J connectivity index is 2.06. The van der Waals surface area contributed by atoms with Gasteiger partial charge in [0.1, 0.15) is 5.82 Å². The SMILES string of the molecule is Nc1cccn2c(Cc3ccccc3Cl)ncc12. The normalized spacial score (nSPS) is 10.9. The van der Waals surface area contributed by atoms with Gasteiger partial charge in [-0.3, -0.25) is 0 Å². The van der Waals surface area contributed by atoms with Gasteiger partial charge in [0.05, 0.1) is 17.4 Å². The fourth-order valence-corrected chi connectivity index (χ4v) is 2.24. The van der Waals surface area contributed by atoms with Gasteiger partial charge in [-0.15, -0.1) is 0 Å². The molecule has 3 rings (SSSR count). The minimum Gasteiger partial charge on any atom is -0.397 e. The Morgan fingerprint density at radius 2 is 2.00 bits per heavy atom. The average Bonchev–Trinajstić information content (AvgIpc) is 2.77. The van der Waals surface area contributed by atoms with E-state index in [0.717, 1.165) is 27.6 Å². The van der Waals surface area contributed by atoms with E-state index in [1.54, 1.807) is 6.20 Å². The number of benzene rings is 1. The number of fused-ring (bicyclic) bond motifs is 1. The second-order valence-corrected chi connectivity index (χ2v) is 4.57. The number of imidazole rings is 1. The molecule has 0 saturated heterocycles. The lowest BCUT2D eigenvalue weighted by Gasteiger charge is -2.04. The van der Waals surface area contributed by atoms with Gasteiger partial charge in [-0.1, -0.05) is 29.8 Å². The predicted octanol–water partition coefficient (Wildman–Crippen LogP) is 3.16. The molecule has 2 aromatic heterocycles. The van der Waals surface area contributed by atoms with Crippen molar-refractivity contribution in [3.63, 3.8) is 0 Å². The van der Waals surface area contributed by atoms with Gasteiger partial charge in [0.25, 0.3) is 0 Å². The van der Waals surface area contributed by atoms with E-state index in [2.05, 4.69) is 4.98 Å². The number of nitrogen functional groups attached to an aromatic ring is 1. The molecule has 0 bridgehead atoms. The van der Waals surface area contributed by atoms with E-state index >= 15 is 0 Å². The number of nitrogens with zero attached hydrogens (tertiary/aromatic N) is 2. The number of rotatable bonds is 2. The summed E-state index contributed by atoms with van der Waals surface area (Å²) in [6.07, 6.45) is 4.45. The molecule has 2 N–H and O–H groups in total. The van der Waals surface area contributed by atoms with Crippen LogP contribution in [-0.4, -0.2) is 9.38 Å². The molecule has 18 heavy (non-hydrogen) atoms. The summed E-state index contributed by atoms with van der Waals surface area (Å²) in [4.78, 5) is 4.42. The monoisotopic (exact) mass is 257 g/mol. The number of hydrogen-bond acceptors (Lipinski definition) is 2. The van der Waals surface area contributed by atoms with Crippen molar-refractivity contribution in [1.29, 1.82) is 0 Å². The lowest BCUT2D eigenvalue weighted by molar-refractivity contribution is 0.962. The van der Waals surface area contributed by atoms with Gasteiger partial charge in [0, 0.05) is 17.6 Å². The maximum absolute atomic E-state index is 6.16. The number of aromatic nitrogens is 2. The van der Waals surface area contributed by atoms with Crippen LogP contribution in [0.15, 0.2) is 48.8 Å². The van der Waals surface area contributed by atoms with Crippen LogP contribution in [0.25, 0.3) is 5.52 Å². The molecule has 0 aliphatic rings. The van der Waals surface area contributed by atoms with Crippen LogP contribution in [0.5, 0.6) is 0 Å². The Morgan fingerprint density at radius 3 is 2.83 bits per heavy atom. The van der Waals surface area contributed by atoms with E-state index in [1.807, 2.05) is 47.0 Å². The highest BCUT2D eigenvalue weighted by Gasteiger charge is 2.08. The van der Waals surface area contributed by atoms with E-state index in [1.165, 1.54) is 0 Å². The van der Waals surface area contributed by atoms with E-state index in [0.29, 0.717) is 6.42 Å². The second kappa shape index (κ2) is 4.35. The number of pyridine rings is 1. The molecule has 0 aliphatic heterocycles. The fourth-order valence-electron chi connectivity index (χ4n) is 2.04. The molecule has 3 aromatic rings. The molecule has 4 heteroatoms. The maximum Gasteiger partial charge on any atom is 0.117 e. The van der Waals surface area contributed by atoms with Crippen LogP contribution in [0.2, 0.25) is 5.02 Å². The minimum absolute atomic E-state index is 0.692. The van der Waals surface area contributed by atoms with Gasteiger partial charge < -0.3 is 10.1 Å². The van der Waals surface area contributed by atoms with Crippen molar-refractivity contribution in [3.05, 3.63) is 65.2 Å². The molecular formula is C14H12ClN3. The molecule has 0 aliphatic carbocycles. The fraction of sp³-hybridized carbons (Fsp3) is 0.0714. The number of hydrogen-bond donors (Lipinski definition) is 1. The van der Waals surface area contributed by atoms with Crippen LogP contribution >= 0.6 is 11.6 Å². The first kappa shape index (κ1) is 11.1. The lowest BCUT2D eigenvalue weighted by atomic mass is 10.1. The Hall–Kier alpha value is -2.00. The van der Waals surface area contributed by atoms with Gasteiger partial charge in [-0.25, -0.2) is 4.98 Å². The molecule has 0 saturated carbocycles. The Bertz CT molecular complexity index is 703. The highest BCUT2D eigenvalue weighted by atomic mass is 35.5. The van der Waals surface area contributed by atoms with Gasteiger partial charge in [0.2, 0.25) is 0 Å². The van der Waals surface area contributed by atoms with Crippen LogP contribution in [0.3, 0.4) is 0 Å². The summed E-state index contributed by atoms with van der Waals surface area (Å²) in [6.45, 7) is 0. The molecule has 0 amide bonds. The zero-order chi connectivity index (χ0) is 12.5. The molecule has 2 heterocycles. The lowest BCUT2D eigenvalue weighted by Crippen LogP contribution is -1.98. The molecule has 0 atom stereocenters. The molecule has 0 fully saturated rings. The summed E-state index contributed by atoms with van der Waals surface area (Å²) in [5, 5.41) is 0.762. The standard InChI is InChI=1S/C14H12ClN3/c15-11-5-2-1-4-10(11)8-14-17-9-13-12(16)6-3-7-18(13)14/h1-7,9H,8,16H2. The van der Waals surface area contributed by atoms with Gasteiger partial charge in [-0.2, -0.15) is 0 Å². The van der Waals surface area contributed by atoms with E-state index < -0.39 is 0 Å². The molecule has 90 valence electrons. The summed E-state index contributed by atoms with van der Waals surface area (Å²) >= 11 is 6.16. The largest absolute Gasteiger partial charge is 0.397 e. The summed E-state index contributed by atoms with van der Waals surface area (Å²) in [7, 11) is 0. The van der Waals surface area contributed by atoms with Crippen molar-refractivity contribution >= 4 is 22.8 Å². The number of anilines is 1. The summed E-state index contributed by atoms with van der Waals surface area (Å²) < 4.78 is 2.00. The average molecular weight is 258 g/mol. The van der Waals surface area contributed by atoms with Gasteiger partial charge in [0.15, 0.2) is 0 Å². The smallest absolute Gasteiger partial charge is 0.117 e. The Kier molecular flexibility index (Phi) is 2.68. The first-order chi connectivity index (χ1) is 8.75. The first-order valence-corrected chi connectivity index (χ1v) is 6.07. The Labute approximate surface area is 110 Å². The molecule has 0 spiro atoms. The second-order valence-electron chi connectivity index (χ2n) is 4.16. The van der Waals surface area contributed by atoms with Crippen LogP contribution in [0.1, 0.15) is 11.4 Å². The number of nitrogens with two attached hydrogens (primary N) is 1. The van der Waals surface area contributed by atoms with E-state index in [-0.39, 0.29) is 0 Å².